The first-order valence-electron chi connectivity index (χ1n) is 7.05. The van der Waals surface area contributed by atoms with Gasteiger partial charge >= 0.3 is 0 Å². The Hall–Kier alpha value is -1.55. The van der Waals surface area contributed by atoms with Crippen LogP contribution in [0.3, 0.4) is 0 Å². The molecule has 0 saturated carbocycles. The molecule has 0 heterocycles. The number of aryl methyl sites for hydroxylation is 2. The molecule has 2 N–H and O–H groups in total. The summed E-state index contributed by atoms with van der Waals surface area (Å²) in [6, 6.07) is 5.94. The number of carbonyl (C=O) groups is 1. The highest BCUT2D eigenvalue weighted by molar-refractivity contribution is 5.76. The highest BCUT2D eigenvalue weighted by atomic mass is 16.5. The van der Waals surface area contributed by atoms with Gasteiger partial charge in [0.2, 0.25) is 5.91 Å². The molecule has 4 heteroatoms. The largest absolute Gasteiger partial charge is 0.493 e. The first-order valence-corrected chi connectivity index (χ1v) is 7.05. The maximum atomic E-state index is 11.8. The Morgan fingerprint density at radius 3 is 2.45 bits per heavy atom. The van der Waals surface area contributed by atoms with Crippen LogP contribution in [0.4, 0.5) is 0 Å². The van der Waals surface area contributed by atoms with Crippen LogP contribution in [-0.4, -0.2) is 30.3 Å². The molecule has 2 atom stereocenters. The van der Waals surface area contributed by atoms with Gasteiger partial charge < -0.3 is 15.2 Å². The summed E-state index contributed by atoms with van der Waals surface area (Å²) in [4.78, 5) is 11.8. The van der Waals surface area contributed by atoms with Crippen molar-refractivity contribution in [2.75, 3.05) is 13.2 Å². The summed E-state index contributed by atoms with van der Waals surface area (Å²) in [6.07, 6.45) is 0.316. The van der Waals surface area contributed by atoms with Crippen molar-refractivity contribution in [1.29, 1.82) is 0 Å². The predicted octanol–water partition coefficient (Wildman–Crippen LogP) is 2.21. The van der Waals surface area contributed by atoms with Crippen LogP contribution in [0.5, 0.6) is 5.75 Å². The number of rotatable bonds is 7. The zero-order valence-corrected chi connectivity index (χ0v) is 12.8. The van der Waals surface area contributed by atoms with Crippen LogP contribution < -0.4 is 10.1 Å². The second-order valence-electron chi connectivity index (χ2n) is 5.34. The Labute approximate surface area is 121 Å². The molecule has 0 aliphatic rings. The van der Waals surface area contributed by atoms with Crippen molar-refractivity contribution in [3.05, 3.63) is 29.3 Å². The molecule has 0 aliphatic heterocycles. The summed E-state index contributed by atoms with van der Waals surface area (Å²) in [5.41, 5.74) is 2.15. The molecule has 0 aromatic heterocycles. The van der Waals surface area contributed by atoms with Crippen LogP contribution in [0.15, 0.2) is 18.2 Å². The predicted molar refractivity (Wildman–Crippen MR) is 79.9 cm³/mol. The molecule has 0 bridgehead atoms. The molecule has 0 fully saturated rings. The molecule has 2 unspecified atom stereocenters. The van der Waals surface area contributed by atoms with Gasteiger partial charge in [0.25, 0.3) is 0 Å². The number of ether oxygens (including phenoxy) is 1. The minimum atomic E-state index is -0.0518. The highest BCUT2D eigenvalue weighted by Crippen LogP contribution is 2.22. The molecule has 20 heavy (non-hydrogen) atoms. The van der Waals surface area contributed by atoms with Gasteiger partial charge in [-0.1, -0.05) is 25.1 Å². The second-order valence-corrected chi connectivity index (χ2v) is 5.34. The quantitative estimate of drug-likeness (QED) is 0.804. The van der Waals surface area contributed by atoms with Crippen molar-refractivity contribution < 1.29 is 14.6 Å². The van der Waals surface area contributed by atoms with E-state index in [0.717, 1.165) is 16.9 Å². The van der Waals surface area contributed by atoms with E-state index in [9.17, 15) is 4.79 Å². The first-order chi connectivity index (χ1) is 9.45. The minimum absolute atomic E-state index is 0.0345. The number of hydrogen-bond acceptors (Lipinski definition) is 3. The van der Waals surface area contributed by atoms with Crippen LogP contribution in [0.2, 0.25) is 0 Å². The third kappa shape index (κ3) is 4.85. The summed E-state index contributed by atoms with van der Waals surface area (Å²) in [5, 5.41) is 11.9. The molecule has 1 aromatic rings. The van der Waals surface area contributed by atoms with E-state index in [1.54, 1.807) is 0 Å². The molecule has 1 aromatic carbocycles. The average Bonchev–Trinajstić information content (AvgIpc) is 2.41. The molecular weight excluding hydrogens is 254 g/mol. The highest BCUT2D eigenvalue weighted by Gasteiger charge is 2.14. The Bertz CT molecular complexity index is 425. The fraction of sp³-hybridized carbons (Fsp3) is 0.562. The SMILES string of the molecule is Cc1cccc(C)c1OCCC(=O)NC(C)C(C)CO. The lowest BCUT2D eigenvalue weighted by Gasteiger charge is -2.19. The number of aliphatic hydroxyl groups excluding tert-OH is 1. The molecule has 0 spiro atoms. The monoisotopic (exact) mass is 279 g/mol. The molecule has 4 nitrogen and oxygen atoms in total. The summed E-state index contributed by atoms with van der Waals surface area (Å²) in [5.74, 6) is 0.861. The van der Waals surface area contributed by atoms with Gasteiger partial charge in [-0.25, -0.2) is 0 Å². The van der Waals surface area contributed by atoms with Crippen molar-refractivity contribution in [3.8, 4) is 5.75 Å². The van der Waals surface area contributed by atoms with E-state index in [-0.39, 0.29) is 24.5 Å². The number of amides is 1. The molecular formula is C16H25NO3. The second kappa shape index (κ2) is 7.90. The number of para-hydroxylation sites is 1. The van der Waals surface area contributed by atoms with Crippen LogP contribution in [-0.2, 0) is 4.79 Å². The standard InChI is InChI=1S/C16H25NO3/c1-11-6-5-7-12(2)16(11)20-9-8-15(19)17-14(4)13(3)10-18/h5-7,13-14,18H,8-10H2,1-4H3,(H,17,19). The Kier molecular flexibility index (Phi) is 6.52. The topological polar surface area (TPSA) is 58.6 Å². The van der Waals surface area contributed by atoms with Crippen molar-refractivity contribution in [2.24, 2.45) is 5.92 Å². The van der Waals surface area contributed by atoms with Crippen LogP contribution in [0, 0.1) is 19.8 Å². The maximum Gasteiger partial charge on any atom is 0.223 e. The van der Waals surface area contributed by atoms with Crippen LogP contribution in [0.25, 0.3) is 0 Å². The van der Waals surface area contributed by atoms with Gasteiger partial charge in [-0.3, -0.25) is 4.79 Å². The summed E-state index contributed by atoms with van der Waals surface area (Å²) in [7, 11) is 0. The number of benzene rings is 1. The zero-order valence-electron chi connectivity index (χ0n) is 12.8. The van der Waals surface area contributed by atoms with E-state index < -0.39 is 0 Å². The van der Waals surface area contributed by atoms with Crippen molar-refractivity contribution >= 4 is 5.91 Å². The lowest BCUT2D eigenvalue weighted by Crippen LogP contribution is -2.38. The molecule has 0 saturated heterocycles. The van der Waals surface area contributed by atoms with E-state index in [0.29, 0.717) is 13.0 Å². The maximum absolute atomic E-state index is 11.8. The fourth-order valence-electron chi connectivity index (χ4n) is 1.90. The van der Waals surface area contributed by atoms with Crippen molar-refractivity contribution in [3.63, 3.8) is 0 Å². The van der Waals surface area contributed by atoms with Crippen LogP contribution in [0.1, 0.15) is 31.4 Å². The van der Waals surface area contributed by atoms with Gasteiger partial charge in [0.1, 0.15) is 5.75 Å². The molecule has 0 aliphatic carbocycles. The average molecular weight is 279 g/mol. The van der Waals surface area contributed by atoms with Gasteiger partial charge in [0.05, 0.1) is 13.0 Å². The van der Waals surface area contributed by atoms with Gasteiger partial charge in [0.15, 0.2) is 0 Å². The number of nitrogens with one attached hydrogen (secondary N) is 1. The lowest BCUT2D eigenvalue weighted by atomic mass is 10.1. The van der Waals surface area contributed by atoms with Gasteiger partial charge in [-0.15, -0.1) is 0 Å². The molecule has 1 amide bonds. The molecule has 0 radical (unpaired) electrons. The Morgan fingerprint density at radius 1 is 1.30 bits per heavy atom. The fourth-order valence-corrected chi connectivity index (χ4v) is 1.90. The van der Waals surface area contributed by atoms with Crippen molar-refractivity contribution in [1.82, 2.24) is 5.32 Å². The third-order valence-corrected chi connectivity index (χ3v) is 3.51. The summed E-state index contributed by atoms with van der Waals surface area (Å²) < 4.78 is 5.70. The molecule has 112 valence electrons. The number of hydrogen-bond donors (Lipinski definition) is 2. The first kappa shape index (κ1) is 16.5. The minimum Gasteiger partial charge on any atom is -0.493 e. The van der Waals surface area contributed by atoms with Crippen molar-refractivity contribution in [2.45, 2.75) is 40.2 Å². The third-order valence-electron chi connectivity index (χ3n) is 3.51. The molecule has 1 rings (SSSR count). The van der Waals surface area contributed by atoms with E-state index >= 15 is 0 Å². The summed E-state index contributed by atoms with van der Waals surface area (Å²) >= 11 is 0. The van der Waals surface area contributed by atoms with Crippen LogP contribution >= 0.6 is 0 Å². The smallest absolute Gasteiger partial charge is 0.223 e. The lowest BCUT2D eigenvalue weighted by molar-refractivity contribution is -0.122. The van der Waals surface area contributed by atoms with Gasteiger partial charge in [0, 0.05) is 12.6 Å². The summed E-state index contributed by atoms with van der Waals surface area (Å²) in [6.45, 7) is 8.21. The number of carbonyl (C=O) groups excluding carboxylic acids is 1. The van der Waals surface area contributed by atoms with Gasteiger partial charge in [-0.05, 0) is 37.8 Å². The van der Waals surface area contributed by atoms with Gasteiger partial charge in [-0.2, -0.15) is 0 Å². The zero-order chi connectivity index (χ0) is 15.1. The Morgan fingerprint density at radius 2 is 1.90 bits per heavy atom. The van der Waals surface area contributed by atoms with E-state index in [4.69, 9.17) is 9.84 Å². The van der Waals surface area contributed by atoms with E-state index in [2.05, 4.69) is 5.32 Å². The van der Waals surface area contributed by atoms with E-state index in [1.165, 1.54) is 0 Å². The number of aliphatic hydroxyl groups is 1. The van der Waals surface area contributed by atoms with E-state index in [1.807, 2.05) is 45.9 Å². The Balaban J connectivity index is 2.39. The normalized spacial score (nSPS) is 13.7.